The Labute approximate surface area is 186 Å². The molecule has 4 rings (SSSR count). The number of thioether (sulfide) groups is 1. The van der Waals surface area contributed by atoms with E-state index >= 15 is 0 Å². The minimum atomic E-state index is -2.96. The highest BCUT2D eigenvalue weighted by Gasteiger charge is 2.42. The number of rotatable bonds is 4. The van der Waals surface area contributed by atoms with E-state index in [0.29, 0.717) is 39.2 Å². The zero-order valence-electron chi connectivity index (χ0n) is 17.3. The largest absolute Gasteiger partial charge is 0.450 e. The first kappa shape index (κ1) is 21.9. The number of nitrogens with one attached hydrogen (secondary N) is 1. The lowest BCUT2D eigenvalue weighted by Crippen LogP contribution is -2.51. The van der Waals surface area contributed by atoms with Crippen molar-refractivity contribution < 1.29 is 22.7 Å². The molecule has 31 heavy (non-hydrogen) atoms. The second-order valence-corrected chi connectivity index (χ2v) is 11.2. The maximum absolute atomic E-state index is 12.6. The van der Waals surface area contributed by atoms with Crippen LogP contribution in [0.1, 0.15) is 12.5 Å². The third kappa shape index (κ3) is 5.32. The number of fused-ring (bicyclic) bond motifs is 1. The molecule has 2 fully saturated rings. The summed E-state index contributed by atoms with van der Waals surface area (Å²) in [4.78, 5) is 32.3. The van der Waals surface area contributed by atoms with E-state index in [-0.39, 0.29) is 34.8 Å². The number of aliphatic imine (C=N–C) groups is 1. The molecule has 0 radical (unpaired) electrons. The predicted molar refractivity (Wildman–Crippen MR) is 120 cm³/mol. The molecule has 2 saturated heterocycles. The minimum absolute atomic E-state index is 0.00805. The van der Waals surface area contributed by atoms with E-state index < -0.39 is 9.84 Å². The SMILES string of the molecule is CCOC(=O)N1CCN(C(=O)Cc2ccc(NC3=NC4CS(=O)(=O)CC4S3)cc2)CC1. The van der Waals surface area contributed by atoms with Crippen molar-refractivity contribution in [3.63, 3.8) is 0 Å². The smallest absolute Gasteiger partial charge is 0.409 e. The monoisotopic (exact) mass is 466 g/mol. The van der Waals surface area contributed by atoms with Gasteiger partial charge in [0.25, 0.3) is 0 Å². The van der Waals surface area contributed by atoms with Crippen LogP contribution < -0.4 is 5.32 Å². The van der Waals surface area contributed by atoms with Gasteiger partial charge in [-0.15, -0.1) is 0 Å². The van der Waals surface area contributed by atoms with E-state index in [9.17, 15) is 18.0 Å². The lowest BCUT2D eigenvalue weighted by atomic mass is 10.1. The van der Waals surface area contributed by atoms with Crippen molar-refractivity contribution in [2.75, 3.05) is 49.6 Å². The number of sulfone groups is 1. The normalized spacial score (nSPS) is 24.5. The molecule has 2 amide bonds. The van der Waals surface area contributed by atoms with Gasteiger partial charge in [0.1, 0.15) is 0 Å². The van der Waals surface area contributed by atoms with Crippen LogP contribution in [0.15, 0.2) is 29.3 Å². The summed E-state index contributed by atoms with van der Waals surface area (Å²) in [6, 6.07) is 7.45. The van der Waals surface area contributed by atoms with Gasteiger partial charge in [-0.25, -0.2) is 13.2 Å². The second-order valence-electron chi connectivity index (χ2n) is 7.80. The third-order valence-corrected chi connectivity index (χ3v) is 8.68. The van der Waals surface area contributed by atoms with E-state index in [1.807, 2.05) is 24.3 Å². The van der Waals surface area contributed by atoms with Gasteiger partial charge in [0.15, 0.2) is 15.0 Å². The Morgan fingerprint density at radius 3 is 2.45 bits per heavy atom. The quantitative estimate of drug-likeness (QED) is 0.710. The number of amides is 2. The van der Waals surface area contributed by atoms with Crippen molar-refractivity contribution in [3.8, 4) is 0 Å². The number of hydrogen-bond donors (Lipinski definition) is 1. The summed E-state index contributed by atoms with van der Waals surface area (Å²) in [5, 5.41) is 3.99. The molecule has 1 aromatic carbocycles. The molecule has 2 atom stereocenters. The van der Waals surface area contributed by atoms with Gasteiger partial charge in [-0.3, -0.25) is 9.79 Å². The van der Waals surface area contributed by atoms with Crippen LogP contribution in [0.5, 0.6) is 0 Å². The second kappa shape index (κ2) is 9.07. The van der Waals surface area contributed by atoms with E-state index in [1.165, 1.54) is 11.8 Å². The molecule has 11 heteroatoms. The van der Waals surface area contributed by atoms with Gasteiger partial charge in [0, 0.05) is 37.1 Å². The molecule has 3 aliphatic heterocycles. The van der Waals surface area contributed by atoms with Gasteiger partial charge in [0.05, 0.1) is 30.6 Å². The van der Waals surface area contributed by atoms with Crippen molar-refractivity contribution in [2.45, 2.75) is 24.6 Å². The van der Waals surface area contributed by atoms with Crippen LogP contribution in [0.25, 0.3) is 0 Å². The summed E-state index contributed by atoms with van der Waals surface area (Å²) in [6.45, 7) is 4.10. The van der Waals surface area contributed by atoms with Gasteiger partial charge >= 0.3 is 6.09 Å². The Kier molecular flexibility index (Phi) is 6.42. The first-order chi connectivity index (χ1) is 14.8. The molecule has 0 bridgehead atoms. The van der Waals surface area contributed by atoms with Gasteiger partial charge in [0.2, 0.25) is 5.91 Å². The average molecular weight is 467 g/mol. The number of piperazine rings is 1. The van der Waals surface area contributed by atoms with E-state index in [0.717, 1.165) is 16.4 Å². The van der Waals surface area contributed by atoms with Crippen LogP contribution >= 0.6 is 11.8 Å². The highest BCUT2D eigenvalue weighted by molar-refractivity contribution is 8.15. The highest BCUT2D eigenvalue weighted by Crippen LogP contribution is 2.34. The fourth-order valence-electron chi connectivity index (χ4n) is 3.89. The zero-order chi connectivity index (χ0) is 22.0. The maximum Gasteiger partial charge on any atom is 0.409 e. The molecule has 3 aliphatic rings. The first-order valence-corrected chi connectivity index (χ1v) is 13.0. The number of hydrogen-bond acceptors (Lipinski definition) is 8. The summed E-state index contributed by atoms with van der Waals surface area (Å²) < 4.78 is 28.3. The Hall–Kier alpha value is -2.27. The van der Waals surface area contributed by atoms with Gasteiger partial charge < -0.3 is 19.9 Å². The van der Waals surface area contributed by atoms with E-state index in [4.69, 9.17) is 4.74 Å². The Morgan fingerprint density at radius 1 is 1.13 bits per heavy atom. The van der Waals surface area contributed by atoms with Crippen LogP contribution in [0.3, 0.4) is 0 Å². The zero-order valence-corrected chi connectivity index (χ0v) is 19.0. The molecule has 168 valence electrons. The Balaban J connectivity index is 1.26. The van der Waals surface area contributed by atoms with Crippen molar-refractivity contribution in [1.29, 1.82) is 0 Å². The first-order valence-electron chi connectivity index (χ1n) is 10.3. The molecular formula is C20H26N4O5S2. The number of carbonyl (C=O) groups is 2. The van der Waals surface area contributed by atoms with Crippen molar-refractivity contribution in [1.82, 2.24) is 9.80 Å². The van der Waals surface area contributed by atoms with Crippen LogP contribution in [-0.2, 0) is 25.8 Å². The molecular weight excluding hydrogens is 440 g/mol. The summed E-state index contributed by atoms with van der Waals surface area (Å²) in [7, 11) is -2.96. The molecule has 1 N–H and O–H groups in total. The number of carbonyl (C=O) groups excluding carboxylic acids is 2. The lowest BCUT2D eigenvalue weighted by Gasteiger charge is -2.34. The molecule has 1 aromatic rings. The molecule has 0 spiro atoms. The van der Waals surface area contributed by atoms with Crippen molar-refractivity contribution in [2.24, 2.45) is 4.99 Å². The molecule has 0 aliphatic carbocycles. The molecule has 3 heterocycles. The summed E-state index contributed by atoms with van der Waals surface area (Å²) >= 11 is 1.48. The summed E-state index contributed by atoms with van der Waals surface area (Å²) in [5.74, 6) is 0.353. The van der Waals surface area contributed by atoms with Crippen LogP contribution in [0.4, 0.5) is 10.5 Å². The van der Waals surface area contributed by atoms with Crippen LogP contribution in [-0.4, -0.2) is 91.0 Å². The Morgan fingerprint density at radius 2 is 1.81 bits per heavy atom. The molecule has 0 aromatic heterocycles. The van der Waals surface area contributed by atoms with Gasteiger partial charge in [-0.2, -0.15) is 0 Å². The fourth-order valence-corrected chi connectivity index (χ4v) is 7.56. The highest BCUT2D eigenvalue weighted by atomic mass is 32.2. The number of nitrogens with zero attached hydrogens (tertiary/aromatic N) is 3. The summed E-state index contributed by atoms with van der Waals surface area (Å²) in [5.41, 5.74) is 1.76. The third-order valence-electron chi connectivity index (χ3n) is 5.54. The lowest BCUT2D eigenvalue weighted by molar-refractivity contribution is -0.132. The maximum atomic E-state index is 12.6. The summed E-state index contributed by atoms with van der Waals surface area (Å²) in [6.07, 6.45) is -0.0230. The Bertz CT molecular complexity index is 972. The van der Waals surface area contributed by atoms with Crippen LogP contribution in [0.2, 0.25) is 0 Å². The average Bonchev–Trinajstić information content (AvgIpc) is 3.22. The van der Waals surface area contributed by atoms with Crippen molar-refractivity contribution >= 4 is 44.5 Å². The fraction of sp³-hybridized carbons (Fsp3) is 0.550. The molecule has 2 unspecified atom stereocenters. The van der Waals surface area contributed by atoms with E-state index in [2.05, 4.69) is 10.3 Å². The number of benzene rings is 1. The van der Waals surface area contributed by atoms with Crippen LogP contribution in [0, 0.1) is 0 Å². The van der Waals surface area contributed by atoms with Crippen molar-refractivity contribution in [3.05, 3.63) is 29.8 Å². The standard InChI is InChI=1S/C20H26N4O5S2/c1-2-29-20(26)24-9-7-23(8-10-24)18(25)11-14-3-5-15(6-4-14)21-19-22-16-12-31(27,28)13-17(16)30-19/h3-6,16-17H,2,7-13H2,1H3,(H,21,22). The van der Waals surface area contributed by atoms with E-state index in [1.54, 1.807) is 16.7 Å². The molecule has 9 nitrogen and oxygen atoms in total. The molecule has 0 saturated carbocycles. The number of amidine groups is 1. The number of anilines is 1. The minimum Gasteiger partial charge on any atom is -0.450 e. The number of ether oxygens (including phenoxy) is 1. The van der Waals surface area contributed by atoms with Gasteiger partial charge in [-0.05, 0) is 24.6 Å². The van der Waals surface area contributed by atoms with Gasteiger partial charge in [-0.1, -0.05) is 23.9 Å². The topological polar surface area (TPSA) is 108 Å². The predicted octanol–water partition coefficient (Wildman–Crippen LogP) is 1.21.